The Balaban J connectivity index is 2.30. The summed E-state index contributed by atoms with van der Waals surface area (Å²) < 4.78 is 5.56. The first-order valence-corrected chi connectivity index (χ1v) is 6.74. The summed E-state index contributed by atoms with van der Waals surface area (Å²) >= 11 is 0. The van der Waals surface area contributed by atoms with Gasteiger partial charge >= 0.3 is 0 Å². The highest BCUT2D eigenvalue weighted by Crippen LogP contribution is 2.51. The molecule has 0 bridgehead atoms. The van der Waals surface area contributed by atoms with Crippen LogP contribution in [0, 0.1) is 6.92 Å². The van der Waals surface area contributed by atoms with E-state index in [1.54, 1.807) is 7.11 Å². The molecule has 2 nitrogen and oxygen atoms in total. The molecule has 98 valence electrons. The maximum Gasteiger partial charge on any atom is 0.127 e. The number of methoxy groups -OCH3 is 1. The second-order valence-corrected chi connectivity index (χ2v) is 5.09. The smallest absolute Gasteiger partial charge is 0.127 e. The largest absolute Gasteiger partial charge is 0.496 e. The van der Waals surface area contributed by atoms with Crippen LogP contribution in [0.15, 0.2) is 36.4 Å². The van der Waals surface area contributed by atoms with Gasteiger partial charge in [0, 0.05) is 11.5 Å². The highest BCUT2D eigenvalue weighted by Gasteiger charge is 2.31. The maximum atomic E-state index is 5.80. The highest BCUT2D eigenvalue weighted by atomic mass is 16.5. The van der Waals surface area contributed by atoms with Crippen molar-refractivity contribution in [3.8, 4) is 16.9 Å². The van der Waals surface area contributed by atoms with Crippen LogP contribution in [0.5, 0.6) is 5.75 Å². The van der Waals surface area contributed by atoms with Crippen LogP contribution in [-0.2, 0) is 0 Å². The number of nitrogens with two attached hydrogens (primary N) is 1. The molecule has 0 spiro atoms. The summed E-state index contributed by atoms with van der Waals surface area (Å²) in [6.07, 6.45) is 0.983. The topological polar surface area (TPSA) is 35.2 Å². The molecule has 0 heterocycles. The van der Waals surface area contributed by atoms with Gasteiger partial charge < -0.3 is 10.5 Å². The van der Waals surface area contributed by atoms with Gasteiger partial charge in [-0.1, -0.05) is 30.3 Å². The fraction of sp³-hybridized carbons (Fsp3) is 0.294. The first-order valence-electron chi connectivity index (χ1n) is 6.74. The lowest BCUT2D eigenvalue weighted by Crippen LogP contribution is -2.06. The van der Waals surface area contributed by atoms with E-state index in [0.29, 0.717) is 12.5 Å². The van der Waals surface area contributed by atoms with Crippen molar-refractivity contribution in [2.45, 2.75) is 19.3 Å². The Morgan fingerprint density at radius 2 is 1.74 bits per heavy atom. The molecule has 19 heavy (non-hydrogen) atoms. The lowest BCUT2D eigenvalue weighted by molar-refractivity contribution is 0.416. The van der Waals surface area contributed by atoms with E-state index in [1.165, 1.54) is 27.8 Å². The molecule has 0 saturated carbocycles. The number of rotatable bonds is 3. The fourth-order valence-electron chi connectivity index (χ4n) is 3.24. The minimum atomic E-state index is 0.407. The number of hydrogen-bond donors (Lipinski definition) is 1. The SMILES string of the molecule is COc1cccc2c1-c1c(C)cccc1C2CCN. The zero-order chi connectivity index (χ0) is 13.4. The van der Waals surface area contributed by atoms with Crippen molar-refractivity contribution in [1.82, 2.24) is 0 Å². The van der Waals surface area contributed by atoms with E-state index >= 15 is 0 Å². The van der Waals surface area contributed by atoms with Crippen LogP contribution in [0.2, 0.25) is 0 Å². The van der Waals surface area contributed by atoms with Crippen LogP contribution >= 0.6 is 0 Å². The van der Waals surface area contributed by atoms with Gasteiger partial charge in [-0.3, -0.25) is 0 Å². The van der Waals surface area contributed by atoms with Crippen LogP contribution in [0.4, 0.5) is 0 Å². The van der Waals surface area contributed by atoms with Crippen LogP contribution in [0.1, 0.15) is 29.0 Å². The van der Waals surface area contributed by atoms with Crippen molar-refractivity contribution in [2.75, 3.05) is 13.7 Å². The summed E-state index contributed by atoms with van der Waals surface area (Å²) in [5.41, 5.74) is 12.5. The lowest BCUT2D eigenvalue weighted by atomic mass is 9.93. The molecular weight excluding hydrogens is 234 g/mol. The lowest BCUT2D eigenvalue weighted by Gasteiger charge is -2.12. The molecule has 2 aromatic carbocycles. The van der Waals surface area contributed by atoms with Crippen LogP contribution in [-0.4, -0.2) is 13.7 Å². The first-order chi connectivity index (χ1) is 9.27. The van der Waals surface area contributed by atoms with Gasteiger partial charge in [0.1, 0.15) is 5.75 Å². The van der Waals surface area contributed by atoms with Gasteiger partial charge in [0.15, 0.2) is 0 Å². The predicted octanol–water partition coefficient (Wildman–Crippen LogP) is 3.46. The van der Waals surface area contributed by atoms with Crippen molar-refractivity contribution in [3.63, 3.8) is 0 Å². The number of fused-ring (bicyclic) bond motifs is 3. The zero-order valence-corrected chi connectivity index (χ0v) is 11.4. The molecule has 1 unspecified atom stereocenters. The van der Waals surface area contributed by atoms with E-state index in [9.17, 15) is 0 Å². The summed E-state index contributed by atoms with van der Waals surface area (Å²) in [6.45, 7) is 2.87. The Morgan fingerprint density at radius 3 is 2.42 bits per heavy atom. The second kappa shape index (κ2) is 4.71. The van der Waals surface area contributed by atoms with Gasteiger partial charge in [-0.15, -0.1) is 0 Å². The molecule has 1 aliphatic carbocycles. The molecule has 1 atom stereocenters. The predicted molar refractivity (Wildman–Crippen MR) is 78.7 cm³/mol. The van der Waals surface area contributed by atoms with E-state index in [4.69, 9.17) is 10.5 Å². The minimum absolute atomic E-state index is 0.407. The molecule has 3 rings (SSSR count). The molecule has 0 saturated heterocycles. The summed E-state index contributed by atoms with van der Waals surface area (Å²) in [5, 5.41) is 0. The summed E-state index contributed by atoms with van der Waals surface area (Å²) in [4.78, 5) is 0. The third kappa shape index (κ3) is 1.75. The molecule has 0 aromatic heterocycles. The average Bonchev–Trinajstić information content (AvgIpc) is 2.75. The molecular formula is C17H19NO. The Morgan fingerprint density at radius 1 is 1.05 bits per heavy atom. The van der Waals surface area contributed by atoms with Crippen molar-refractivity contribution < 1.29 is 4.74 Å². The Labute approximate surface area is 114 Å². The molecule has 0 radical (unpaired) electrons. The van der Waals surface area contributed by atoms with Gasteiger partial charge in [0.2, 0.25) is 0 Å². The van der Waals surface area contributed by atoms with Crippen molar-refractivity contribution in [1.29, 1.82) is 0 Å². The molecule has 2 aromatic rings. The van der Waals surface area contributed by atoms with E-state index < -0.39 is 0 Å². The van der Waals surface area contributed by atoms with Crippen LogP contribution in [0.3, 0.4) is 0 Å². The average molecular weight is 253 g/mol. The molecule has 1 aliphatic rings. The molecule has 0 amide bonds. The quantitative estimate of drug-likeness (QED) is 0.909. The third-order valence-electron chi connectivity index (χ3n) is 4.04. The Kier molecular flexibility index (Phi) is 3.03. The van der Waals surface area contributed by atoms with Gasteiger partial charge in [-0.05, 0) is 48.2 Å². The van der Waals surface area contributed by atoms with Crippen molar-refractivity contribution in [2.24, 2.45) is 5.73 Å². The number of aryl methyl sites for hydroxylation is 1. The molecule has 0 fully saturated rings. The van der Waals surface area contributed by atoms with Crippen molar-refractivity contribution in [3.05, 3.63) is 53.1 Å². The minimum Gasteiger partial charge on any atom is -0.496 e. The van der Waals surface area contributed by atoms with E-state index in [2.05, 4.69) is 37.3 Å². The van der Waals surface area contributed by atoms with Gasteiger partial charge in [-0.25, -0.2) is 0 Å². The van der Waals surface area contributed by atoms with E-state index in [0.717, 1.165) is 12.2 Å². The standard InChI is InChI=1S/C17H19NO/c1-11-5-3-6-13-12(9-10-18)14-7-4-8-15(19-2)17(14)16(11)13/h3-8,12H,9-10,18H2,1-2H3. The van der Waals surface area contributed by atoms with Gasteiger partial charge in [-0.2, -0.15) is 0 Å². The van der Waals surface area contributed by atoms with E-state index in [-0.39, 0.29) is 0 Å². The Hall–Kier alpha value is -1.80. The summed E-state index contributed by atoms with van der Waals surface area (Å²) in [6, 6.07) is 12.8. The maximum absolute atomic E-state index is 5.80. The molecule has 2 heteroatoms. The normalized spacial score (nSPS) is 16.1. The Bertz CT molecular complexity index is 619. The summed E-state index contributed by atoms with van der Waals surface area (Å²) in [5.74, 6) is 1.37. The number of ether oxygens (including phenoxy) is 1. The monoisotopic (exact) mass is 253 g/mol. The number of hydrogen-bond acceptors (Lipinski definition) is 2. The van der Waals surface area contributed by atoms with Crippen LogP contribution < -0.4 is 10.5 Å². The van der Waals surface area contributed by atoms with Gasteiger partial charge in [0.05, 0.1) is 7.11 Å². The van der Waals surface area contributed by atoms with E-state index in [1.807, 2.05) is 6.07 Å². The summed E-state index contributed by atoms with van der Waals surface area (Å²) in [7, 11) is 1.74. The zero-order valence-electron chi connectivity index (χ0n) is 11.4. The number of benzene rings is 2. The second-order valence-electron chi connectivity index (χ2n) is 5.09. The molecule has 0 aliphatic heterocycles. The fourth-order valence-corrected chi connectivity index (χ4v) is 3.24. The molecule has 2 N–H and O–H groups in total. The highest BCUT2D eigenvalue weighted by molar-refractivity contribution is 5.85. The van der Waals surface area contributed by atoms with Crippen molar-refractivity contribution >= 4 is 0 Å². The van der Waals surface area contributed by atoms with Gasteiger partial charge in [0.25, 0.3) is 0 Å². The third-order valence-corrected chi connectivity index (χ3v) is 4.04. The van der Waals surface area contributed by atoms with Crippen LogP contribution in [0.25, 0.3) is 11.1 Å². The first kappa shape index (κ1) is 12.2.